The van der Waals surface area contributed by atoms with E-state index in [2.05, 4.69) is 31.8 Å². The molecule has 1 aromatic heterocycles. The van der Waals surface area contributed by atoms with Gasteiger partial charge < -0.3 is 24.4 Å². The Bertz CT molecular complexity index is 840. The largest absolute Gasteiger partial charge is 0.454 e. The van der Waals surface area contributed by atoms with Crippen molar-refractivity contribution < 1.29 is 14.6 Å². The molecule has 1 aromatic carbocycles. The fourth-order valence-electron chi connectivity index (χ4n) is 4.02. The lowest BCUT2D eigenvalue weighted by Gasteiger charge is -2.35. The van der Waals surface area contributed by atoms with E-state index in [1.807, 2.05) is 18.3 Å². The summed E-state index contributed by atoms with van der Waals surface area (Å²) in [6, 6.07) is 8.10. The molecule has 4 heterocycles. The highest BCUT2D eigenvalue weighted by molar-refractivity contribution is 5.46. The Kier molecular flexibility index (Phi) is 4.66. The van der Waals surface area contributed by atoms with Crippen LogP contribution in [0.5, 0.6) is 11.5 Å². The van der Waals surface area contributed by atoms with E-state index in [1.54, 1.807) is 0 Å². The van der Waals surface area contributed by atoms with Crippen LogP contribution in [0.1, 0.15) is 12.0 Å². The van der Waals surface area contributed by atoms with Gasteiger partial charge in [0.25, 0.3) is 0 Å². The minimum Gasteiger partial charge on any atom is -0.454 e. The van der Waals surface area contributed by atoms with Gasteiger partial charge in [-0.25, -0.2) is 4.98 Å². The van der Waals surface area contributed by atoms with E-state index in [0.29, 0.717) is 13.3 Å². The van der Waals surface area contributed by atoms with Crippen LogP contribution >= 0.6 is 0 Å². The summed E-state index contributed by atoms with van der Waals surface area (Å²) >= 11 is 0. The Labute approximate surface area is 164 Å². The van der Waals surface area contributed by atoms with Crippen LogP contribution in [0.25, 0.3) is 0 Å². The zero-order chi connectivity index (χ0) is 18.9. The van der Waals surface area contributed by atoms with E-state index < -0.39 is 0 Å². The molecule has 0 unspecified atom stereocenters. The van der Waals surface area contributed by atoms with Crippen LogP contribution in [-0.4, -0.2) is 72.1 Å². The van der Waals surface area contributed by atoms with E-state index >= 15 is 0 Å². The molecule has 1 atom stereocenters. The Morgan fingerprint density at radius 2 is 1.86 bits per heavy atom. The predicted octanol–water partition coefficient (Wildman–Crippen LogP) is 1.10. The number of piperazine rings is 1. The van der Waals surface area contributed by atoms with E-state index in [9.17, 15) is 5.11 Å². The molecule has 8 heteroatoms. The van der Waals surface area contributed by atoms with Gasteiger partial charge in [0.1, 0.15) is 5.82 Å². The monoisotopic (exact) mass is 383 g/mol. The van der Waals surface area contributed by atoms with Crippen LogP contribution in [-0.2, 0) is 6.54 Å². The lowest BCUT2D eigenvalue weighted by molar-refractivity contribution is 0.174. The maximum Gasteiger partial charge on any atom is 0.231 e. The second-order valence-electron chi connectivity index (χ2n) is 7.55. The number of hydrogen-bond donors (Lipinski definition) is 1. The average Bonchev–Trinajstić information content (AvgIpc) is 3.37. The molecular weight excluding hydrogens is 358 g/mol. The number of β-amino-alcohol motifs (C(OH)–C–C–N with tert-alkyl or cyclic N) is 1. The third-order valence-electron chi connectivity index (χ3n) is 5.61. The van der Waals surface area contributed by atoms with Crippen molar-refractivity contribution in [3.63, 3.8) is 0 Å². The summed E-state index contributed by atoms with van der Waals surface area (Å²) in [6.07, 6.45) is 2.37. The number of benzene rings is 1. The number of hydrogen-bond acceptors (Lipinski definition) is 8. The van der Waals surface area contributed by atoms with Gasteiger partial charge in [0, 0.05) is 52.0 Å². The number of ether oxygens (including phenoxy) is 2. The molecule has 5 rings (SSSR count). The first-order valence-corrected chi connectivity index (χ1v) is 9.86. The van der Waals surface area contributed by atoms with Crippen LogP contribution in [0.4, 0.5) is 11.8 Å². The van der Waals surface area contributed by atoms with Gasteiger partial charge in [0.15, 0.2) is 11.5 Å². The number of anilines is 2. The minimum atomic E-state index is -0.252. The molecule has 0 saturated carbocycles. The third-order valence-corrected chi connectivity index (χ3v) is 5.61. The lowest BCUT2D eigenvalue weighted by atomic mass is 10.1. The number of aromatic nitrogens is 2. The van der Waals surface area contributed by atoms with Crippen molar-refractivity contribution in [1.29, 1.82) is 0 Å². The number of aliphatic hydroxyl groups excluding tert-OH is 1. The fourth-order valence-corrected chi connectivity index (χ4v) is 4.02. The van der Waals surface area contributed by atoms with Crippen molar-refractivity contribution in [3.8, 4) is 11.5 Å². The van der Waals surface area contributed by atoms with Gasteiger partial charge in [-0.05, 0) is 30.2 Å². The summed E-state index contributed by atoms with van der Waals surface area (Å²) in [4.78, 5) is 16.0. The standard InChI is InChI=1S/C20H25N5O3/c26-16-4-6-25(13-16)19-3-5-21-20(22-19)24-9-7-23(8-10-24)12-15-1-2-17-18(11-15)28-14-27-17/h1-3,5,11,16,26H,4,6-10,12-14H2/t16-/m1/s1. The molecule has 2 aromatic rings. The summed E-state index contributed by atoms with van der Waals surface area (Å²) in [5.41, 5.74) is 1.24. The Morgan fingerprint density at radius 1 is 1.00 bits per heavy atom. The zero-order valence-corrected chi connectivity index (χ0v) is 15.8. The molecule has 0 aliphatic carbocycles. The molecular formula is C20H25N5O3. The molecule has 0 amide bonds. The van der Waals surface area contributed by atoms with Crippen LogP contribution < -0.4 is 19.3 Å². The number of nitrogens with zero attached hydrogens (tertiary/aromatic N) is 5. The molecule has 28 heavy (non-hydrogen) atoms. The van der Waals surface area contributed by atoms with Gasteiger partial charge in [-0.2, -0.15) is 4.98 Å². The first-order chi connectivity index (χ1) is 13.7. The highest BCUT2D eigenvalue weighted by atomic mass is 16.7. The maximum atomic E-state index is 9.76. The van der Waals surface area contributed by atoms with Gasteiger partial charge in [-0.3, -0.25) is 4.90 Å². The SMILES string of the molecule is O[C@@H]1CCN(c2ccnc(N3CCN(Cc4ccc5c(c4)OCO5)CC3)n2)C1. The molecule has 0 radical (unpaired) electrons. The second-order valence-corrected chi connectivity index (χ2v) is 7.55. The predicted molar refractivity (Wildman–Crippen MR) is 105 cm³/mol. The van der Waals surface area contributed by atoms with E-state index in [-0.39, 0.29) is 6.10 Å². The minimum absolute atomic E-state index is 0.252. The molecule has 2 saturated heterocycles. The Balaban J connectivity index is 1.19. The zero-order valence-electron chi connectivity index (χ0n) is 15.8. The van der Waals surface area contributed by atoms with E-state index in [0.717, 1.165) is 69.0 Å². The van der Waals surface area contributed by atoms with Crippen LogP contribution in [0, 0.1) is 0 Å². The smallest absolute Gasteiger partial charge is 0.231 e. The van der Waals surface area contributed by atoms with Gasteiger partial charge in [0.05, 0.1) is 6.10 Å². The molecule has 8 nitrogen and oxygen atoms in total. The third kappa shape index (κ3) is 3.57. The van der Waals surface area contributed by atoms with Crippen molar-refractivity contribution in [2.45, 2.75) is 19.1 Å². The van der Waals surface area contributed by atoms with Gasteiger partial charge in [-0.1, -0.05) is 6.07 Å². The number of fused-ring (bicyclic) bond motifs is 1. The molecule has 148 valence electrons. The van der Waals surface area contributed by atoms with Crippen LogP contribution in [0.3, 0.4) is 0 Å². The van der Waals surface area contributed by atoms with Crippen molar-refractivity contribution in [2.24, 2.45) is 0 Å². The van der Waals surface area contributed by atoms with Crippen LogP contribution in [0.15, 0.2) is 30.5 Å². The van der Waals surface area contributed by atoms with Gasteiger partial charge >= 0.3 is 0 Å². The van der Waals surface area contributed by atoms with Crippen molar-refractivity contribution in [3.05, 3.63) is 36.0 Å². The quantitative estimate of drug-likeness (QED) is 0.841. The summed E-state index contributed by atoms with van der Waals surface area (Å²) in [7, 11) is 0. The summed E-state index contributed by atoms with van der Waals surface area (Å²) in [5.74, 6) is 3.36. The number of aliphatic hydroxyl groups is 1. The fraction of sp³-hybridized carbons (Fsp3) is 0.500. The lowest BCUT2D eigenvalue weighted by Crippen LogP contribution is -2.46. The summed E-state index contributed by atoms with van der Waals surface area (Å²) < 4.78 is 10.9. The van der Waals surface area contributed by atoms with E-state index in [4.69, 9.17) is 14.5 Å². The molecule has 3 aliphatic heterocycles. The van der Waals surface area contributed by atoms with Crippen molar-refractivity contribution in [2.75, 3.05) is 55.9 Å². The maximum absolute atomic E-state index is 9.76. The molecule has 0 bridgehead atoms. The number of rotatable bonds is 4. The molecule has 1 N–H and O–H groups in total. The summed E-state index contributed by atoms with van der Waals surface area (Å²) in [6.45, 7) is 6.44. The van der Waals surface area contributed by atoms with Crippen molar-refractivity contribution >= 4 is 11.8 Å². The highest BCUT2D eigenvalue weighted by Gasteiger charge is 2.24. The molecule has 0 spiro atoms. The first kappa shape index (κ1) is 17.5. The van der Waals surface area contributed by atoms with E-state index in [1.165, 1.54) is 5.56 Å². The topological polar surface area (TPSA) is 74.2 Å². The average molecular weight is 383 g/mol. The highest BCUT2D eigenvalue weighted by Crippen LogP contribution is 2.33. The molecule has 2 fully saturated rings. The summed E-state index contributed by atoms with van der Waals surface area (Å²) in [5, 5.41) is 9.76. The van der Waals surface area contributed by atoms with Gasteiger partial charge in [-0.15, -0.1) is 0 Å². The molecule has 3 aliphatic rings. The Morgan fingerprint density at radius 3 is 2.68 bits per heavy atom. The van der Waals surface area contributed by atoms with Crippen LogP contribution in [0.2, 0.25) is 0 Å². The Hall–Kier alpha value is -2.58. The second kappa shape index (κ2) is 7.44. The van der Waals surface area contributed by atoms with Crippen molar-refractivity contribution in [1.82, 2.24) is 14.9 Å². The normalized spacial score (nSPS) is 22.1. The van der Waals surface area contributed by atoms with Gasteiger partial charge in [0.2, 0.25) is 12.7 Å². The first-order valence-electron chi connectivity index (χ1n) is 9.86.